The molecule has 0 saturated carbocycles. The van der Waals surface area contributed by atoms with Crippen molar-refractivity contribution < 1.29 is 9.59 Å². The van der Waals surface area contributed by atoms with Gasteiger partial charge in [-0.1, -0.05) is 22.9 Å². The molecule has 0 aromatic carbocycles. The molecule has 1 aliphatic rings. The summed E-state index contributed by atoms with van der Waals surface area (Å²) in [6.45, 7) is 3.53. The maximum absolute atomic E-state index is 11.6. The standard InChI is InChI=1S/C12H21BrN2O2/c1-2-3-11(16)14-10-5-8-15(9-6-10)12(17)4-7-13/h10H,2-9H2,1H3,(H,14,16). The minimum atomic E-state index is 0.137. The highest BCUT2D eigenvalue weighted by molar-refractivity contribution is 9.09. The van der Waals surface area contributed by atoms with Crippen molar-refractivity contribution in [2.24, 2.45) is 0 Å². The van der Waals surface area contributed by atoms with Crippen LogP contribution >= 0.6 is 15.9 Å². The Kier molecular flexibility index (Phi) is 6.55. The number of nitrogens with one attached hydrogen (secondary N) is 1. The molecule has 0 radical (unpaired) electrons. The van der Waals surface area contributed by atoms with Crippen molar-refractivity contribution >= 4 is 27.7 Å². The third-order valence-corrected chi connectivity index (χ3v) is 3.39. The van der Waals surface area contributed by atoms with E-state index in [1.54, 1.807) is 0 Å². The normalized spacial score (nSPS) is 16.9. The molecular formula is C12H21BrN2O2. The molecule has 1 N–H and O–H groups in total. The molecule has 0 spiro atoms. The van der Waals surface area contributed by atoms with Crippen molar-refractivity contribution in [2.75, 3.05) is 18.4 Å². The van der Waals surface area contributed by atoms with Gasteiger partial charge in [0, 0.05) is 37.3 Å². The summed E-state index contributed by atoms with van der Waals surface area (Å²) in [6.07, 6.45) is 3.80. The topological polar surface area (TPSA) is 49.4 Å². The number of carbonyl (C=O) groups excluding carboxylic acids is 2. The van der Waals surface area contributed by atoms with Gasteiger partial charge in [-0.25, -0.2) is 0 Å². The van der Waals surface area contributed by atoms with E-state index in [9.17, 15) is 9.59 Å². The predicted molar refractivity (Wildman–Crippen MR) is 71.1 cm³/mol. The van der Waals surface area contributed by atoms with Crippen molar-refractivity contribution in [3.05, 3.63) is 0 Å². The molecule has 17 heavy (non-hydrogen) atoms. The van der Waals surface area contributed by atoms with Crippen LogP contribution in [-0.2, 0) is 9.59 Å². The van der Waals surface area contributed by atoms with Gasteiger partial charge in [0.15, 0.2) is 0 Å². The lowest BCUT2D eigenvalue weighted by Gasteiger charge is -2.32. The van der Waals surface area contributed by atoms with E-state index in [1.165, 1.54) is 0 Å². The van der Waals surface area contributed by atoms with Gasteiger partial charge in [-0.05, 0) is 19.3 Å². The van der Waals surface area contributed by atoms with Gasteiger partial charge in [0.2, 0.25) is 11.8 Å². The number of carbonyl (C=O) groups is 2. The molecule has 0 atom stereocenters. The highest BCUT2D eigenvalue weighted by Crippen LogP contribution is 2.12. The van der Waals surface area contributed by atoms with Gasteiger partial charge < -0.3 is 10.2 Å². The first-order valence-corrected chi connectivity index (χ1v) is 7.42. The summed E-state index contributed by atoms with van der Waals surface area (Å²) in [5.74, 6) is 0.345. The van der Waals surface area contributed by atoms with Crippen LogP contribution in [0.5, 0.6) is 0 Å². The molecule has 1 rings (SSSR count). The Bertz CT molecular complexity index is 263. The Morgan fingerprint density at radius 3 is 2.47 bits per heavy atom. The van der Waals surface area contributed by atoms with E-state index in [2.05, 4.69) is 21.2 Å². The lowest BCUT2D eigenvalue weighted by atomic mass is 10.0. The van der Waals surface area contributed by atoms with Gasteiger partial charge >= 0.3 is 0 Å². The van der Waals surface area contributed by atoms with Gasteiger partial charge in [-0.3, -0.25) is 9.59 Å². The summed E-state index contributed by atoms with van der Waals surface area (Å²) in [5, 5.41) is 3.75. The van der Waals surface area contributed by atoms with E-state index >= 15 is 0 Å². The summed E-state index contributed by atoms with van der Waals surface area (Å²) in [7, 11) is 0. The molecule has 0 aromatic rings. The SMILES string of the molecule is CCCC(=O)NC1CCN(C(=O)CCBr)CC1. The maximum Gasteiger partial charge on any atom is 0.223 e. The van der Waals surface area contributed by atoms with Crippen LogP contribution in [0, 0.1) is 0 Å². The number of alkyl halides is 1. The first-order valence-electron chi connectivity index (χ1n) is 6.30. The Balaban J connectivity index is 2.26. The van der Waals surface area contributed by atoms with E-state index < -0.39 is 0 Å². The van der Waals surface area contributed by atoms with Gasteiger partial charge in [-0.15, -0.1) is 0 Å². The minimum absolute atomic E-state index is 0.137. The number of likely N-dealkylation sites (tertiary alicyclic amines) is 1. The second-order valence-electron chi connectivity index (χ2n) is 4.41. The molecule has 1 aliphatic heterocycles. The zero-order valence-corrected chi connectivity index (χ0v) is 12.0. The number of rotatable bonds is 5. The van der Waals surface area contributed by atoms with Crippen molar-refractivity contribution in [1.82, 2.24) is 10.2 Å². The van der Waals surface area contributed by atoms with E-state index in [4.69, 9.17) is 0 Å². The van der Waals surface area contributed by atoms with Gasteiger partial charge in [0.25, 0.3) is 0 Å². The lowest BCUT2D eigenvalue weighted by Crippen LogP contribution is -2.46. The smallest absolute Gasteiger partial charge is 0.223 e. The van der Waals surface area contributed by atoms with E-state index in [-0.39, 0.29) is 17.9 Å². The van der Waals surface area contributed by atoms with E-state index in [1.807, 2.05) is 11.8 Å². The van der Waals surface area contributed by atoms with Crippen molar-refractivity contribution in [2.45, 2.75) is 45.1 Å². The lowest BCUT2D eigenvalue weighted by molar-refractivity contribution is -0.131. The van der Waals surface area contributed by atoms with Crippen LogP contribution in [0.1, 0.15) is 39.0 Å². The molecule has 0 aliphatic carbocycles. The predicted octanol–water partition coefficient (Wildman–Crippen LogP) is 1.68. The maximum atomic E-state index is 11.6. The largest absolute Gasteiger partial charge is 0.353 e. The Morgan fingerprint density at radius 2 is 1.94 bits per heavy atom. The fraction of sp³-hybridized carbons (Fsp3) is 0.833. The first kappa shape index (κ1) is 14.5. The van der Waals surface area contributed by atoms with E-state index in [0.29, 0.717) is 12.8 Å². The zero-order valence-electron chi connectivity index (χ0n) is 10.4. The third kappa shape index (κ3) is 5.06. The molecule has 0 aromatic heterocycles. The molecule has 4 nitrogen and oxygen atoms in total. The summed E-state index contributed by atoms with van der Waals surface area (Å²) >= 11 is 3.27. The molecule has 98 valence electrons. The molecule has 1 saturated heterocycles. The van der Waals surface area contributed by atoms with Crippen LogP contribution in [0.25, 0.3) is 0 Å². The number of hydrogen-bond donors (Lipinski definition) is 1. The average Bonchev–Trinajstić information content (AvgIpc) is 2.30. The molecule has 1 fully saturated rings. The van der Waals surface area contributed by atoms with Gasteiger partial charge in [0.1, 0.15) is 0 Å². The van der Waals surface area contributed by atoms with Crippen LogP contribution in [0.4, 0.5) is 0 Å². The quantitative estimate of drug-likeness (QED) is 0.786. The second kappa shape index (κ2) is 7.69. The summed E-state index contributed by atoms with van der Waals surface area (Å²) in [4.78, 5) is 25.0. The van der Waals surface area contributed by atoms with Crippen LogP contribution in [-0.4, -0.2) is 41.2 Å². The summed E-state index contributed by atoms with van der Waals surface area (Å²) in [5.41, 5.74) is 0. The zero-order chi connectivity index (χ0) is 12.7. The Labute approximate surface area is 111 Å². The molecular weight excluding hydrogens is 284 g/mol. The monoisotopic (exact) mass is 304 g/mol. The van der Waals surface area contributed by atoms with Crippen LogP contribution in [0.15, 0.2) is 0 Å². The fourth-order valence-corrected chi connectivity index (χ4v) is 2.38. The first-order chi connectivity index (χ1) is 8.17. The van der Waals surface area contributed by atoms with E-state index in [0.717, 1.165) is 37.7 Å². The second-order valence-corrected chi connectivity index (χ2v) is 5.20. The highest BCUT2D eigenvalue weighted by Gasteiger charge is 2.22. The highest BCUT2D eigenvalue weighted by atomic mass is 79.9. The third-order valence-electron chi connectivity index (χ3n) is 3.00. The molecule has 0 bridgehead atoms. The van der Waals surface area contributed by atoms with Crippen LogP contribution < -0.4 is 5.32 Å². The average molecular weight is 305 g/mol. The number of amides is 2. The molecule has 5 heteroatoms. The fourth-order valence-electron chi connectivity index (χ4n) is 2.04. The van der Waals surface area contributed by atoms with Crippen molar-refractivity contribution in [3.63, 3.8) is 0 Å². The molecule has 1 heterocycles. The number of piperidine rings is 1. The number of hydrogen-bond acceptors (Lipinski definition) is 2. The number of halogens is 1. The van der Waals surface area contributed by atoms with Gasteiger partial charge in [0.05, 0.1) is 0 Å². The molecule has 2 amide bonds. The number of nitrogens with zero attached hydrogens (tertiary/aromatic N) is 1. The Hall–Kier alpha value is -0.580. The van der Waals surface area contributed by atoms with Crippen molar-refractivity contribution in [1.29, 1.82) is 0 Å². The van der Waals surface area contributed by atoms with Crippen molar-refractivity contribution in [3.8, 4) is 0 Å². The van der Waals surface area contributed by atoms with Crippen LogP contribution in [0.3, 0.4) is 0 Å². The van der Waals surface area contributed by atoms with Gasteiger partial charge in [-0.2, -0.15) is 0 Å². The summed E-state index contributed by atoms with van der Waals surface area (Å²) < 4.78 is 0. The summed E-state index contributed by atoms with van der Waals surface area (Å²) in [6, 6.07) is 0.252. The Morgan fingerprint density at radius 1 is 1.29 bits per heavy atom. The molecule has 0 unspecified atom stereocenters. The minimum Gasteiger partial charge on any atom is -0.353 e. The van der Waals surface area contributed by atoms with Crippen LogP contribution in [0.2, 0.25) is 0 Å².